The number of unbranched alkanes of at least 4 members (excludes halogenated alkanes) is 1. The summed E-state index contributed by atoms with van der Waals surface area (Å²) in [5.74, 6) is 0.200. The maximum absolute atomic E-state index is 14.4. The lowest BCUT2D eigenvalue weighted by molar-refractivity contribution is 0.402. The third-order valence-electron chi connectivity index (χ3n) is 7.12. The third kappa shape index (κ3) is 6.24. The Morgan fingerprint density at radius 1 is 1.02 bits per heavy atom. The molecule has 5 aromatic rings. The van der Waals surface area contributed by atoms with Gasteiger partial charge in [0, 0.05) is 24.2 Å². The number of aromatic nitrogens is 4. The number of methoxy groups -OCH3 is 1. The van der Waals surface area contributed by atoms with Crippen LogP contribution in [0.15, 0.2) is 81.2 Å². The van der Waals surface area contributed by atoms with Gasteiger partial charge < -0.3 is 9.72 Å². The maximum atomic E-state index is 14.4. The molecule has 0 unspecified atom stereocenters. The normalized spacial score (nSPS) is 11.6. The van der Waals surface area contributed by atoms with Crippen LogP contribution in [0.4, 0.5) is 10.1 Å². The molecule has 0 radical (unpaired) electrons. The van der Waals surface area contributed by atoms with Gasteiger partial charge in [-0.15, -0.1) is 0 Å². The molecule has 0 aliphatic heterocycles. The summed E-state index contributed by atoms with van der Waals surface area (Å²) >= 11 is 0. The van der Waals surface area contributed by atoms with Crippen molar-refractivity contribution in [1.29, 1.82) is 0 Å². The minimum Gasteiger partial charge on any atom is -0.495 e. The van der Waals surface area contributed by atoms with Gasteiger partial charge in [0.2, 0.25) is 0 Å². The van der Waals surface area contributed by atoms with Crippen molar-refractivity contribution in [2.45, 2.75) is 51.1 Å². The van der Waals surface area contributed by atoms with E-state index in [1.165, 1.54) is 17.7 Å². The highest BCUT2D eigenvalue weighted by molar-refractivity contribution is 7.92. The van der Waals surface area contributed by atoms with E-state index >= 15 is 0 Å². The van der Waals surface area contributed by atoms with E-state index in [1.54, 1.807) is 67.6 Å². The molecule has 0 atom stereocenters. The first-order chi connectivity index (χ1) is 20.6. The number of H-pyrrole nitrogens is 1. The zero-order valence-electron chi connectivity index (χ0n) is 24.1. The molecule has 2 heterocycles. The molecule has 0 aliphatic rings. The largest absolute Gasteiger partial charge is 0.495 e. The molecule has 0 saturated heterocycles. The number of nitrogens with one attached hydrogen (secondary N) is 2. The number of hydrogen-bond donors (Lipinski definition) is 2. The number of imidazole rings is 1. The number of rotatable bonds is 11. The predicted molar refractivity (Wildman–Crippen MR) is 163 cm³/mol. The van der Waals surface area contributed by atoms with Crippen molar-refractivity contribution in [3.63, 3.8) is 0 Å². The number of anilines is 1. The molecule has 2 aromatic heterocycles. The summed E-state index contributed by atoms with van der Waals surface area (Å²) in [7, 11) is -2.49. The minimum atomic E-state index is -3.90. The lowest BCUT2D eigenvalue weighted by atomic mass is 10.1. The Morgan fingerprint density at radius 3 is 2.47 bits per heavy atom. The predicted octanol–water partition coefficient (Wildman–Crippen LogP) is 4.58. The number of aryl methyl sites for hydroxylation is 2. The molecule has 2 N–H and O–H groups in total. The van der Waals surface area contributed by atoms with Crippen LogP contribution in [0, 0.1) is 12.7 Å². The zero-order valence-corrected chi connectivity index (χ0v) is 24.9. The fourth-order valence-corrected chi connectivity index (χ4v) is 6.15. The Labute approximate surface area is 247 Å². The molecule has 0 amide bonds. The van der Waals surface area contributed by atoms with Crippen molar-refractivity contribution in [1.82, 2.24) is 19.1 Å². The Kier molecular flexibility index (Phi) is 8.49. The Hall–Kier alpha value is -4.71. The second-order valence-corrected chi connectivity index (χ2v) is 11.9. The second-order valence-electron chi connectivity index (χ2n) is 10.3. The summed E-state index contributed by atoms with van der Waals surface area (Å²) in [5.41, 5.74) is 1.46. The standard InChI is InChI=1S/C31H32FN5O5S/c1-4-5-16-36-29-28(30(38)37(31(36)39)19-22-8-6-7-9-24(22)32)33-27(34-29)18-21-11-13-23(14-12-21)35-43(40,41)26-17-20(2)10-15-25(26)42-3/h6-15,17,35H,4-5,16,18-19H2,1-3H3,(H,33,34). The van der Waals surface area contributed by atoms with Crippen LogP contribution in [0.5, 0.6) is 5.75 Å². The Morgan fingerprint density at radius 2 is 1.77 bits per heavy atom. The summed E-state index contributed by atoms with van der Waals surface area (Å²) < 4.78 is 50.8. The Bertz CT molecular complexity index is 2010. The fraction of sp³-hybridized carbons (Fsp3) is 0.258. The maximum Gasteiger partial charge on any atom is 0.333 e. The van der Waals surface area contributed by atoms with E-state index in [0.717, 1.165) is 22.1 Å². The highest BCUT2D eigenvalue weighted by Gasteiger charge is 2.21. The first-order valence-electron chi connectivity index (χ1n) is 13.8. The van der Waals surface area contributed by atoms with Crippen molar-refractivity contribution in [3.8, 4) is 5.75 Å². The van der Waals surface area contributed by atoms with Crippen LogP contribution in [0.25, 0.3) is 11.2 Å². The van der Waals surface area contributed by atoms with Gasteiger partial charge in [0.1, 0.15) is 27.8 Å². The molecule has 10 nitrogen and oxygen atoms in total. The molecule has 0 bridgehead atoms. The van der Waals surface area contributed by atoms with E-state index in [2.05, 4.69) is 14.7 Å². The topological polar surface area (TPSA) is 128 Å². The number of benzene rings is 3. The molecule has 3 aromatic carbocycles. The number of nitrogens with zero attached hydrogens (tertiary/aromatic N) is 3. The van der Waals surface area contributed by atoms with Gasteiger partial charge in [-0.3, -0.25) is 18.7 Å². The summed E-state index contributed by atoms with van der Waals surface area (Å²) in [6.45, 7) is 3.95. The third-order valence-corrected chi connectivity index (χ3v) is 8.52. The van der Waals surface area contributed by atoms with Gasteiger partial charge >= 0.3 is 5.69 Å². The van der Waals surface area contributed by atoms with Crippen LogP contribution >= 0.6 is 0 Å². The van der Waals surface area contributed by atoms with Crippen molar-refractivity contribution in [2.24, 2.45) is 0 Å². The molecule has 0 fully saturated rings. The van der Waals surface area contributed by atoms with E-state index in [0.29, 0.717) is 30.9 Å². The molecule has 5 rings (SSSR count). The zero-order chi connectivity index (χ0) is 30.7. The summed E-state index contributed by atoms with van der Waals surface area (Å²) in [6, 6.07) is 17.7. The summed E-state index contributed by atoms with van der Waals surface area (Å²) in [6.07, 6.45) is 1.81. The first-order valence-corrected chi connectivity index (χ1v) is 15.3. The highest BCUT2D eigenvalue weighted by Crippen LogP contribution is 2.27. The van der Waals surface area contributed by atoms with Crippen LogP contribution in [-0.4, -0.2) is 34.6 Å². The van der Waals surface area contributed by atoms with Gasteiger partial charge in [0.15, 0.2) is 5.65 Å². The van der Waals surface area contributed by atoms with Crippen LogP contribution in [0.2, 0.25) is 0 Å². The first kappa shape index (κ1) is 29.8. The fourth-order valence-electron chi connectivity index (χ4n) is 4.84. The minimum absolute atomic E-state index is 0.0381. The van der Waals surface area contributed by atoms with E-state index in [9.17, 15) is 22.4 Å². The molecule has 224 valence electrons. The number of aromatic amines is 1. The molecule has 43 heavy (non-hydrogen) atoms. The van der Waals surface area contributed by atoms with E-state index < -0.39 is 27.1 Å². The smallest absolute Gasteiger partial charge is 0.333 e. The van der Waals surface area contributed by atoms with Crippen molar-refractivity contribution < 1.29 is 17.5 Å². The van der Waals surface area contributed by atoms with Gasteiger partial charge in [-0.2, -0.15) is 0 Å². The monoisotopic (exact) mass is 605 g/mol. The van der Waals surface area contributed by atoms with E-state index in [1.807, 2.05) is 6.92 Å². The Balaban J connectivity index is 1.43. The molecular weight excluding hydrogens is 573 g/mol. The SMILES string of the molecule is CCCCn1c(=O)n(Cc2ccccc2F)c(=O)c2[nH]c(Cc3ccc(NS(=O)(=O)c4cc(C)ccc4OC)cc3)nc21. The van der Waals surface area contributed by atoms with Gasteiger partial charge in [-0.25, -0.2) is 22.6 Å². The summed E-state index contributed by atoms with van der Waals surface area (Å²) in [4.78, 5) is 34.5. The van der Waals surface area contributed by atoms with Crippen LogP contribution in [-0.2, 0) is 29.5 Å². The average molecular weight is 606 g/mol. The van der Waals surface area contributed by atoms with E-state index in [-0.39, 0.29) is 33.9 Å². The van der Waals surface area contributed by atoms with Crippen LogP contribution in [0.1, 0.15) is 42.3 Å². The quantitative estimate of drug-likeness (QED) is 0.227. The van der Waals surface area contributed by atoms with Gasteiger partial charge in [-0.05, 0) is 54.8 Å². The number of sulfonamides is 1. The van der Waals surface area contributed by atoms with Crippen molar-refractivity contribution >= 4 is 26.9 Å². The average Bonchev–Trinajstić information content (AvgIpc) is 3.40. The number of fused-ring (bicyclic) bond motifs is 1. The van der Waals surface area contributed by atoms with Gasteiger partial charge in [0.05, 0.1) is 13.7 Å². The van der Waals surface area contributed by atoms with Gasteiger partial charge in [-0.1, -0.05) is 49.7 Å². The van der Waals surface area contributed by atoms with Gasteiger partial charge in [0.25, 0.3) is 15.6 Å². The number of halogens is 1. The molecular formula is C31H32FN5O5S. The molecule has 0 spiro atoms. The van der Waals surface area contributed by atoms with Crippen LogP contribution < -0.4 is 20.7 Å². The summed E-state index contributed by atoms with van der Waals surface area (Å²) in [5, 5.41) is 0. The molecule has 0 saturated carbocycles. The second kappa shape index (κ2) is 12.3. The molecule has 0 aliphatic carbocycles. The highest BCUT2D eigenvalue weighted by atomic mass is 32.2. The van der Waals surface area contributed by atoms with E-state index in [4.69, 9.17) is 4.74 Å². The van der Waals surface area contributed by atoms with Crippen LogP contribution in [0.3, 0.4) is 0 Å². The lowest BCUT2D eigenvalue weighted by Crippen LogP contribution is -2.40. The number of hydrogen-bond acceptors (Lipinski definition) is 6. The number of ether oxygens (including phenoxy) is 1. The van der Waals surface area contributed by atoms with Crippen molar-refractivity contribution in [3.05, 3.63) is 116 Å². The molecule has 12 heteroatoms. The van der Waals surface area contributed by atoms with Crippen molar-refractivity contribution in [2.75, 3.05) is 11.8 Å². The lowest BCUT2D eigenvalue weighted by Gasteiger charge is -2.12.